The average molecular weight is 311 g/mol. The van der Waals surface area contributed by atoms with Crippen LogP contribution >= 0.6 is 23.2 Å². The molecule has 0 aliphatic carbocycles. The second-order valence-corrected chi connectivity index (χ2v) is 7.13. The molecule has 0 saturated carbocycles. The van der Waals surface area contributed by atoms with Gasteiger partial charge in [-0.05, 0) is 26.3 Å². The molecular weight excluding hydrogens is 295 g/mol. The van der Waals surface area contributed by atoms with Crippen LogP contribution in [-0.4, -0.2) is 18.9 Å². The maximum Gasteiger partial charge on any atom is 0.242 e. The zero-order valence-corrected chi connectivity index (χ0v) is 12.8. The van der Waals surface area contributed by atoms with E-state index in [-0.39, 0.29) is 15.1 Å². The zero-order valence-electron chi connectivity index (χ0n) is 10.5. The third kappa shape index (κ3) is 4.09. The molecular formula is C11H16Cl2N2O2S. The maximum atomic E-state index is 12.1. The van der Waals surface area contributed by atoms with Gasteiger partial charge in [-0.2, -0.15) is 0 Å². The SMILES string of the molecule is CCCC(C)(C)NS(=O)(=O)c1cnc(Cl)c(Cl)c1. The van der Waals surface area contributed by atoms with Gasteiger partial charge in [-0.3, -0.25) is 0 Å². The molecule has 4 nitrogen and oxygen atoms in total. The van der Waals surface area contributed by atoms with E-state index < -0.39 is 15.6 Å². The molecule has 1 aromatic heterocycles. The van der Waals surface area contributed by atoms with Crippen molar-refractivity contribution in [1.29, 1.82) is 0 Å². The Morgan fingerprint density at radius 1 is 1.39 bits per heavy atom. The number of sulfonamides is 1. The fourth-order valence-electron chi connectivity index (χ4n) is 1.65. The summed E-state index contributed by atoms with van der Waals surface area (Å²) in [6.07, 6.45) is 2.81. The molecule has 1 rings (SSSR count). The summed E-state index contributed by atoms with van der Waals surface area (Å²) in [6, 6.07) is 1.29. The number of halogens is 2. The van der Waals surface area contributed by atoms with Gasteiger partial charge < -0.3 is 0 Å². The van der Waals surface area contributed by atoms with Crippen LogP contribution in [-0.2, 0) is 10.0 Å². The van der Waals surface area contributed by atoms with Crippen molar-refractivity contribution in [2.75, 3.05) is 0 Å². The molecule has 1 aromatic rings. The predicted octanol–water partition coefficient (Wildman–Crippen LogP) is 3.25. The highest BCUT2D eigenvalue weighted by molar-refractivity contribution is 7.89. The summed E-state index contributed by atoms with van der Waals surface area (Å²) in [4.78, 5) is 3.75. The molecule has 0 saturated heterocycles. The van der Waals surface area contributed by atoms with Crippen molar-refractivity contribution in [2.24, 2.45) is 0 Å². The average Bonchev–Trinajstić information content (AvgIpc) is 2.20. The van der Waals surface area contributed by atoms with Crippen molar-refractivity contribution < 1.29 is 8.42 Å². The van der Waals surface area contributed by atoms with Crippen molar-refractivity contribution in [1.82, 2.24) is 9.71 Å². The van der Waals surface area contributed by atoms with E-state index in [1.54, 1.807) is 0 Å². The van der Waals surface area contributed by atoms with Crippen molar-refractivity contribution in [2.45, 2.75) is 44.0 Å². The second-order valence-electron chi connectivity index (χ2n) is 4.68. The van der Waals surface area contributed by atoms with Gasteiger partial charge in [-0.15, -0.1) is 0 Å². The Balaban J connectivity index is 3.03. The first-order chi connectivity index (χ1) is 8.18. The summed E-state index contributed by atoms with van der Waals surface area (Å²) < 4.78 is 26.9. The van der Waals surface area contributed by atoms with E-state index in [2.05, 4.69) is 9.71 Å². The monoisotopic (exact) mass is 310 g/mol. The molecule has 0 radical (unpaired) electrons. The van der Waals surface area contributed by atoms with Crippen LogP contribution < -0.4 is 4.72 Å². The van der Waals surface area contributed by atoms with Gasteiger partial charge in [0.05, 0.1) is 5.02 Å². The van der Waals surface area contributed by atoms with Crippen molar-refractivity contribution in [3.8, 4) is 0 Å². The first-order valence-corrected chi connectivity index (χ1v) is 7.77. The summed E-state index contributed by atoms with van der Waals surface area (Å²) in [5.74, 6) is 0. The third-order valence-corrected chi connectivity index (χ3v) is 4.72. The fraction of sp³-hybridized carbons (Fsp3) is 0.545. The molecule has 102 valence electrons. The quantitative estimate of drug-likeness (QED) is 0.849. The summed E-state index contributed by atoms with van der Waals surface area (Å²) in [6.45, 7) is 5.66. The highest BCUT2D eigenvalue weighted by Gasteiger charge is 2.26. The van der Waals surface area contributed by atoms with Crippen LogP contribution in [0.1, 0.15) is 33.6 Å². The van der Waals surface area contributed by atoms with Crippen LogP contribution in [0.25, 0.3) is 0 Å². The number of nitrogens with one attached hydrogen (secondary N) is 1. The van der Waals surface area contributed by atoms with Gasteiger partial charge in [0.25, 0.3) is 0 Å². The van der Waals surface area contributed by atoms with Crippen LogP contribution in [0, 0.1) is 0 Å². The molecule has 18 heavy (non-hydrogen) atoms. The summed E-state index contributed by atoms with van der Waals surface area (Å²) in [5, 5.41) is 0.205. The van der Waals surface area contributed by atoms with E-state index in [9.17, 15) is 8.42 Å². The minimum Gasteiger partial charge on any atom is -0.242 e. The minimum atomic E-state index is -3.64. The van der Waals surface area contributed by atoms with E-state index in [0.717, 1.165) is 12.8 Å². The lowest BCUT2D eigenvalue weighted by molar-refractivity contribution is 0.417. The Bertz CT molecular complexity index is 530. The second kappa shape index (κ2) is 5.74. The molecule has 7 heteroatoms. The van der Waals surface area contributed by atoms with Crippen LogP contribution in [0.2, 0.25) is 10.2 Å². The first kappa shape index (κ1) is 15.7. The van der Waals surface area contributed by atoms with Gasteiger partial charge in [0, 0.05) is 11.7 Å². The number of hydrogen-bond donors (Lipinski definition) is 1. The van der Waals surface area contributed by atoms with E-state index in [1.165, 1.54) is 12.3 Å². The Hall–Kier alpha value is -0.360. The zero-order chi connectivity index (χ0) is 14.0. The normalized spacial score (nSPS) is 12.7. The molecule has 0 fully saturated rings. The molecule has 0 bridgehead atoms. The van der Waals surface area contributed by atoms with Gasteiger partial charge in [-0.1, -0.05) is 36.5 Å². The number of pyridine rings is 1. The van der Waals surface area contributed by atoms with Gasteiger partial charge in [-0.25, -0.2) is 18.1 Å². The number of aromatic nitrogens is 1. The summed E-state index contributed by atoms with van der Waals surface area (Å²) in [5.41, 5.74) is -0.514. The van der Waals surface area contributed by atoms with Crippen molar-refractivity contribution >= 4 is 33.2 Å². The molecule has 1 heterocycles. The molecule has 0 unspecified atom stereocenters. The van der Waals surface area contributed by atoms with Gasteiger partial charge in [0.2, 0.25) is 10.0 Å². The van der Waals surface area contributed by atoms with Gasteiger partial charge in [0.1, 0.15) is 10.0 Å². The van der Waals surface area contributed by atoms with Gasteiger partial charge >= 0.3 is 0 Å². The van der Waals surface area contributed by atoms with Gasteiger partial charge in [0.15, 0.2) is 0 Å². The van der Waals surface area contributed by atoms with E-state index in [4.69, 9.17) is 23.2 Å². The molecule has 0 aliphatic heterocycles. The molecule has 0 aromatic carbocycles. The highest BCUT2D eigenvalue weighted by atomic mass is 35.5. The summed E-state index contributed by atoms with van der Waals surface area (Å²) in [7, 11) is -3.64. The van der Waals surface area contributed by atoms with Crippen LogP contribution in [0.5, 0.6) is 0 Å². The van der Waals surface area contributed by atoms with E-state index in [0.29, 0.717) is 0 Å². The lowest BCUT2D eigenvalue weighted by atomic mass is 10.0. The topological polar surface area (TPSA) is 59.1 Å². The first-order valence-electron chi connectivity index (χ1n) is 5.53. The van der Waals surface area contributed by atoms with Crippen LogP contribution in [0.3, 0.4) is 0 Å². The Kier molecular flexibility index (Phi) is 5.00. The minimum absolute atomic E-state index is 0.0149. The van der Waals surface area contributed by atoms with Crippen LogP contribution in [0.4, 0.5) is 0 Å². The molecule has 0 amide bonds. The Morgan fingerprint density at radius 2 is 2.00 bits per heavy atom. The molecule has 0 aliphatic rings. The lowest BCUT2D eigenvalue weighted by Gasteiger charge is -2.25. The lowest BCUT2D eigenvalue weighted by Crippen LogP contribution is -2.43. The smallest absolute Gasteiger partial charge is 0.242 e. The summed E-state index contributed by atoms with van der Waals surface area (Å²) >= 11 is 11.4. The Morgan fingerprint density at radius 3 is 2.50 bits per heavy atom. The standard InChI is InChI=1S/C11H16Cl2N2O2S/c1-4-5-11(2,3)15-18(16,17)8-6-9(12)10(13)14-7-8/h6-7,15H,4-5H2,1-3H3. The number of nitrogens with zero attached hydrogens (tertiary/aromatic N) is 1. The van der Waals surface area contributed by atoms with Crippen molar-refractivity contribution in [3.05, 3.63) is 22.4 Å². The Labute approximate surface area is 118 Å². The number of hydrogen-bond acceptors (Lipinski definition) is 3. The third-order valence-electron chi connectivity index (χ3n) is 2.37. The largest absolute Gasteiger partial charge is 0.242 e. The van der Waals surface area contributed by atoms with E-state index in [1.807, 2.05) is 20.8 Å². The fourth-order valence-corrected chi connectivity index (χ4v) is 3.40. The molecule has 0 atom stereocenters. The van der Waals surface area contributed by atoms with E-state index >= 15 is 0 Å². The van der Waals surface area contributed by atoms with Crippen LogP contribution in [0.15, 0.2) is 17.2 Å². The maximum absolute atomic E-state index is 12.1. The van der Waals surface area contributed by atoms with Crippen molar-refractivity contribution in [3.63, 3.8) is 0 Å². The molecule has 1 N–H and O–H groups in total. The number of rotatable bonds is 5. The highest BCUT2D eigenvalue weighted by Crippen LogP contribution is 2.23. The predicted molar refractivity (Wildman–Crippen MR) is 73.6 cm³/mol. The molecule has 0 spiro atoms.